The Morgan fingerprint density at radius 2 is 2.14 bits per heavy atom. The van der Waals surface area contributed by atoms with Gasteiger partial charge in [-0.05, 0) is 18.8 Å². The first-order valence-electron chi connectivity index (χ1n) is 5.22. The van der Waals surface area contributed by atoms with Gasteiger partial charge in [-0.25, -0.2) is 0 Å². The maximum Gasteiger partial charge on any atom is 0.246 e. The van der Waals surface area contributed by atoms with Gasteiger partial charge in [-0.1, -0.05) is 20.3 Å². The zero-order chi connectivity index (χ0) is 10.3. The molecule has 1 aliphatic carbocycles. The highest BCUT2D eigenvalue weighted by atomic mass is 16.2. The second-order valence-electron chi connectivity index (χ2n) is 4.41. The zero-order valence-corrected chi connectivity index (χ0v) is 8.59. The summed E-state index contributed by atoms with van der Waals surface area (Å²) in [7, 11) is 0. The van der Waals surface area contributed by atoms with Crippen molar-refractivity contribution in [1.82, 2.24) is 10.6 Å². The molecule has 2 amide bonds. The molecule has 0 unspecified atom stereocenters. The number of carbonyl (C=O) groups excluding carboxylic acids is 2. The minimum absolute atomic E-state index is 0.00222. The largest absolute Gasteiger partial charge is 0.342 e. The normalized spacial score (nSPS) is 30.9. The average molecular weight is 196 g/mol. The van der Waals surface area contributed by atoms with E-state index in [4.69, 9.17) is 0 Å². The molecule has 2 N–H and O–H groups in total. The fraction of sp³-hybridized carbons (Fsp3) is 0.800. The van der Waals surface area contributed by atoms with Crippen LogP contribution in [0.4, 0.5) is 0 Å². The maximum atomic E-state index is 11.7. The van der Waals surface area contributed by atoms with E-state index in [9.17, 15) is 9.59 Å². The Hall–Kier alpha value is -1.06. The van der Waals surface area contributed by atoms with Crippen molar-refractivity contribution in [2.75, 3.05) is 0 Å². The van der Waals surface area contributed by atoms with E-state index in [0.717, 1.165) is 19.3 Å². The van der Waals surface area contributed by atoms with Gasteiger partial charge in [0.05, 0.1) is 0 Å². The third kappa shape index (κ3) is 1.29. The Balaban J connectivity index is 2.09. The molecule has 1 spiro atoms. The van der Waals surface area contributed by atoms with Crippen molar-refractivity contribution < 1.29 is 9.59 Å². The van der Waals surface area contributed by atoms with Crippen molar-refractivity contribution in [3.63, 3.8) is 0 Å². The molecule has 1 aliphatic heterocycles. The van der Waals surface area contributed by atoms with E-state index in [1.54, 1.807) is 0 Å². The van der Waals surface area contributed by atoms with Crippen LogP contribution in [0.2, 0.25) is 0 Å². The van der Waals surface area contributed by atoms with Crippen molar-refractivity contribution in [3.8, 4) is 0 Å². The third-order valence-electron chi connectivity index (χ3n) is 3.33. The molecule has 1 heterocycles. The molecule has 1 saturated carbocycles. The molecule has 0 radical (unpaired) electrons. The molecule has 78 valence electrons. The Labute approximate surface area is 83.4 Å². The summed E-state index contributed by atoms with van der Waals surface area (Å²) in [6.45, 7) is 4.00. The smallest absolute Gasteiger partial charge is 0.246 e. The summed E-state index contributed by atoms with van der Waals surface area (Å²) >= 11 is 0. The predicted octanol–water partition coefficient (Wildman–Crippen LogP) is 0.180. The van der Waals surface area contributed by atoms with Crippen LogP contribution in [0.15, 0.2) is 0 Å². The first-order chi connectivity index (χ1) is 6.59. The molecule has 0 aromatic carbocycles. The maximum absolute atomic E-state index is 11.7. The number of hydrogen-bond acceptors (Lipinski definition) is 2. The van der Waals surface area contributed by atoms with Crippen LogP contribution in [-0.2, 0) is 9.59 Å². The van der Waals surface area contributed by atoms with Crippen molar-refractivity contribution >= 4 is 11.8 Å². The van der Waals surface area contributed by atoms with Crippen LogP contribution in [0.1, 0.15) is 33.1 Å². The van der Waals surface area contributed by atoms with Gasteiger partial charge in [0.2, 0.25) is 11.8 Å². The summed E-state index contributed by atoms with van der Waals surface area (Å²) in [5.74, 6) is 0.189. The van der Waals surface area contributed by atoms with E-state index in [0.29, 0.717) is 0 Å². The lowest BCUT2D eigenvalue weighted by atomic mass is 9.95. The Kier molecular flexibility index (Phi) is 2.01. The van der Waals surface area contributed by atoms with Crippen LogP contribution < -0.4 is 10.6 Å². The molecule has 2 rings (SSSR count). The van der Waals surface area contributed by atoms with E-state index in [-0.39, 0.29) is 23.8 Å². The SMILES string of the molecule is CC[C@H](C)[C@@H]1NC(=O)C2(CC2)NC1=O. The Morgan fingerprint density at radius 1 is 1.50 bits per heavy atom. The van der Waals surface area contributed by atoms with Crippen molar-refractivity contribution in [1.29, 1.82) is 0 Å². The van der Waals surface area contributed by atoms with E-state index < -0.39 is 5.54 Å². The lowest BCUT2D eigenvalue weighted by molar-refractivity contribution is -0.139. The summed E-state index contributed by atoms with van der Waals surface area (Å²) in [6.07, 6.45) is 2.47. The molecular formula is C10H16N2O2. The molecule has 0 aromatic rings. The summed E-state index contributed by atoms with van der Waals surface area (Å²) in [5, 5.41) is 5.65. The van der Waals surface area contributed by atoms with Gasteiger partial charge in [0.25, 0.3) is 0 Å². The van der Waals surface area contributed by atoms with Gasteiger partial charge in [-0.3, -0.25) is 9.59 Å². The molecule has 2 fully saturated rings. The topological polar surface area (TPSA) is 58.2 Å². The first kappa shape index (κ1) is 9.49. The Bertz CT molecular complexity index is 284. The number of rotatable bonds is 2. The molecule has 14 heavy (non-hydrogen) atoms. The van der Waals surface area contributed by atoms with Gasteiger partial charge >= 0.3 is 0 Å². The fourth-order valence-electron chi connectivity index (χ4n) is 1.83. The molecule has 2 aliphatic rings. The second kappa shape index (κ2) is 2.97. The van der Waals surface area contributed by atoms with Crippen molar-refractivity contribution in [3.05, 3.63) is 0 Å². The number of carbonyl (C=O) groups is 2. The van der Waals surface area contributed by atoms with E-state index >= 15 is 0 Å². The lowest BCUT2D eigenvalue weighted by Gasteiger charge is -2.32. The first-order valence-corrected chi connectivity index (χ1v) is 5.22. The second-order valence-corrected chi connectivity index (χ2v) is 4.41. The van der Waals surface area contributed by atoms with Crippen LogP contribution in [0.25, 0.3) is 0 Å². The zero-order valence-electron chi connectivity index (χ0n) is 8.59. The monoisotopic (exact) mass is 196 g/mol. The van der Waals surface area contributed by atoms with Gasteiger partial charge in [-0.2, -0.15) is 0 Å². The van der Waals surface area contributed by atoms with Gasteiger partial charge in [0, 0.05) is 0 Å². The van der Waals surface area contributed by atoms with Crippen LogP contribution in [0, 0.1) is 5.92 Å². The highest BCUT2D eigenvalue weighted by Gasteiger charge is 2.55. The highest BCUT2D eigenvalue weighted by Crippen LogP contribution is 2.37. The molecule has 0 aromatic heterocycles. The summed E-state index contributed by atoms with van der Waals surface area (Å²) in [4.78, 5) is 23.3. The molecular weight excluding hydrogens is 180 g/mol. The minimum atomic E-state index is -0.527. The number of hydrogen-bond donors (Lipinski definition) is 2. The van der Waals surface area contributed by atoms with E-state index in [1.807, 2.05) is 13.8 Å². The minimum Gasteiger partial charge on any atom is -0.342 e. The van der Waals surface area contributed by atoms with Crippen molar-refractivity contribution in [2.45, 2.75) is 44.7 Å². The van der Waals surface area contributed by atoms with Crippen LogP contribution in [0.5, 0.6) is 0 Å². The number of nitrogens with one attached hydrogen (secondary N) is 2. The van der Waals surface area contributed by atoms with Gasteiger partial charge < -0.3 is 10.6 Å². The Morgan fingerprint density at radius 3 is 2.64 bits per heavy atom. The standard InChI is InChI=1S/C10H16N2O2/c1-3-6(2)7-8(13)12-10(4-5-10)9(14)11-7/h6-7H,3-5H2,1-2H3,(H,11,14)(H,12,13)/t6-,7-/m0/s1. The van der Waals surface area contributed by atoms with Crippen LogP contribution in [-0.4, -0.2) is 23.4 Å². The lowest BCUT2D eigenvalue weighted by Crippen LogP contribution is -2.64. The molecule has 0 bridgehead atoms. The molecule has 2 atom stereocenters. The quantitative estimate of drug-likeness (QED) is 0.662. The molecule has 4 nitrogen and oxygen atoms in total. The summed E-state index contributed by atoms with van der Waals surface area (Å²) in [5.41, 5.74) is -0.527. The van der Waals surface area contributed by atoms with E-state index in [2.05, 4.69) is 10.6 Å². The van der Waals surface area contributed by atoms with Crippen molar-refractivity contribution in [2.24, 2.45) is 5.92 Å². The van der Waals surface area contributed by atoms with E-state index in [1.165, 1.54) is 0 Å². The molecule has 4 heteroatoms. The predicted molar refractivity (Wildman–Crippen MR) is 51.5 cm³/mol. The average Bonchev–Trinajstić information content (AvgIpc) is 2.91. The van der Waals surface area contributed by atoms with Crippen LogP contribution >= 0.6 is 0 Å². The van der Waals surface area contributed by atoms with Crippen LogP contribution in [0.3, 0.4) is 0 Å². The third-order valence-corrected chi connectivity index (χ3v) is 3.33. The summed E-state index contributed by atoms with van der Waals surface area (Å²) in [6, 6.07) is -0.335. The van der Waals surface area contributed by atoms with Gasteiger partial charge in [0.1, 0.15) is 11.6 Å². The fourth-order valence-corrected chi connectivity index (χ4v) is 1.83. The number of amides is 2. The highest BCUT2D eigenvalue weighted by molar-refractivity contribution is 6.01. The molecule has 1 saturated heterocycles. The van der Waals surface area contributed by atoms with Gasteiger partial charge in [0.15, 0.2) is 0 Å². The summed E-state index contributed by atoms with van der Waals surface area (Å²) < 4.78 is 0. The number of piperazine rings is 1. The van der Waals surface area contributed by atoms with Gasteiger partial charge in [-0.15, -0.1) is 0 Å².